The summed E-state index contributed by atoms with van der Waals surface area (Å²) >= 11 is 11.1. The molecule has 1 aromatic rings. The van der Waals surface area contributed by atoms with E-state index in [1.54, 1.807) is 0 Å². The Bertz CT molecular complexity index is 366. The molecule has 1 rings (SSSR count). The molecule has 0 bridgehead atoms. The summed E-state index contributed by atoms with van der Waals surface area (Å²) in [5.41, 5.74) is 0.172. The van der Waals surface area contributed by atoms with Crippen molar-refractivity contribution < 1.29 is 13.9 Å². The van der Waals surface area contributed by atoms with Crippen LogP contribution in [-0.2, 0) is 16.0 Å². The summed E-state index contributed by atoms with van der Waals surface area (Å²) in [5, 5.41) is -0.0501. The highest BCUT2D eigenvalue weighted by molar-refractivity contribution is 6.42. The Labute approximate surface area is 90.6 Å². The maximum absolute atomic E-state index is 13.3. The number of benzene rings is 1. The van der Waals surface area contributed by atoms with Gasteiger partial charge in [-0.2, -0.15) is 0 Å². The molecule has 0 saturated carbocycles. The number of carbonyl (C=O) groups excluding carboxylic acids is 1. The van der Waals surface area contributed by atoms with Gasteiger partial charge in [0.15, 0.2) is 0 Å². The van der Waals surface area contributed by atoms with Crippen LogP contribution in [0.3, 0.4) is 0 Å². The SMILES string of the molecule is COC(=O)Cc1ccc(Cl)c(Cl)c1F. The van der Waals surface area contributed by atoms with E-state index in [-0.39, 0.29) is 22.0 Å². The van der Waals surface area contributed by atoms with Crippen LogP contribution in [0.15, 0.2) is 12.1 Å². The fourth-order valence-electron chi connectivity index (χ4n) is 0.930. The molecule has 0 saturated heterocycles. The van der Waals surface area contributed by atoms with Crippen LogP contribution in [0.25, 0.3) is 0 Å². The molecule has 2 nitrogen and oxygen atoms in total. The van der Waals surface area contributed by atoms with Gasteiger partial charge in [-0.1, -0.05) is 29.3 Å². The second-order valence-electron chi connectivity index (χ2n) is 2.59. The summed E-state index contributed by atoms with van der Waals surface area (Å²) in [7, 11) is 1.23. The average molecular weight is 237 g/mol. The van der Waals surface area contributed by atoms with Crippen molar-refractivity contribution in [3.05, 3.63) is 33.6 Å². The van der Waals surface area contributed by atoms with Crippen molar-refractivity contribution in [1.29, 1.82) is 0 Å². The Morgan fingerprint density at radius 3 is 2.71 bits per heavy atom. The molecule has 5 heteroatoms. The van der Waals surface area contributed by atoms with Crippen molar-refractivity contribution in [3.8, 4) is 0 Å². The largest absolute Gasteiger partial charge is 0.469 e. The molecule has 0 N–H and O–H groups in total. The van der Waals surface area contributed by atoms with Crippen LogP contribution in [0, 0.1) is 5.82 Å². The molecular formula is C9H7Cl2FO2. The molecule has 0 fully saturated rings. The highest BCUT2D eigenvalue weighted by Gasteiger charge is 2.13. The molecular weight excluding hydrogens is 230 g/mol. The summed E-state index contributed by atoms with van der Waals surface area (Å²) in [5.74, 6) is -1.20. The van der Waals surface area contributed by atoms with Crippen molar-refractivity contribution >= 4 is 29.2 Å². The van der Waals surface area contributed by atoms with Crippen LogP contribution in [0.4, 0.5) is 4.39 Å². The van der Waals surface area contributed by atoms with E-state index in [0.717, 1.165) is 0 Å². The third-order valence-electron chi connectivity index (χ3n) is 1.68. The van der Waals surface area contributed by atoms with Crippen LogP contribution < -0.4 is 0 Å². The number of halogens is 3. The lowest BCUT2D eigenvalue weighted by atomic mass is 10.1. The maximum atomic E-state index is 13.3. The highest BCUT2D eigenvalue weighted by atomic mass is 35.5. The van der Waals surface area contributed by atoms with Crippen LogP contribution in [0.1, 0.15) is 5.56 Å². The van der Waals surface area contributed by atoms with E-state index in [1.807, 2.05) is 0 Å². The molecule has 1 aromatic carbocycles. The monoisotopic (exact) mass is 236 g/mol. The lowest BCUT2D eigenvalue weighted by Crippen LogP contribution is -2.06. The fraction of sp³-hybridized carbons (Fsp3) is 0.222. The van der Waals surface area contributed by atoms with E-state index < -0.39 is 11.8 Å². The second kappa shape index (κ2) is 4.62. The first-order chi connectivity index (χ1) is 6.56. The molecule has 0 heterocycles. The van der Waals surface area contributed by atoms with E-state index in [9.17, 15) is 9.18 Å². The van der Waals surface area contributed by atoms with Crippen LogP contribution in [0.5, 0.6) is 0 Å². The molecule has 0 radical (unpaired) electrons. The smallest absolute Gasteiger partial charge is 0.310 e. The normalized spacial score (nSPS) is 10.0. The van der Waals surface area contributed by atoms with Crippen molar-refractivity contribution in [2.75, 3.05) is 7.11 Å². The third kappa shape index (κ3) is 2.36. The Morgan fingerprint density at radius 2 is 2.14 bits per heavy atom. The molecule has 76 valence electrons. The van der Waals surface area contributed by atoms with Gasteiger partial charge in [-0.25, -0.2) is 4.39 Å². The Hall–Kier alpha value is -0.800. The molecule has 0 aliphatic rings. The van der Waals surface area contributed by atoms with E-state index in [2.05, 4.69) is 4.74 Å². The van der Waals surface area contributed by atoms with Gasteiger partial charge in [0.1, 0.15) is 5.82 Å². The zero-order valence-electron chi connectivity index (χ0n) is 7.31. The first kappa shape index (κ1) is 11.3. The summed E-state index contributed by atoms with van der Waals surface area (Å²) in [4.78, 5) is 10.9. The Morgan fingerprint density at radius 1 is 1.50 bits per heavy atom. The number of hydrogen-bond donors (Lipinski definition) is 0. The van der Waals surface area contributed by atoms with E-state index in [1.165, 1.54) is 19.2 Å². The van der Waals surface area contributed by atoms with Gasteiger partial charge in [-0.3, -0.25) is 4.79 Å². The van der Waals surface area contributed by atoms with Gasteiger partial charge in [0.05, 0.1) is 23.6 Å². The van der Waals surface area contributed by atoms with E-state index in [0.29, 0.717) is 0 Å². The quantitative estimate of drug-likeness (QED) is 0.583. The molecule has 14 heavy (non-hydrogen) atoms. The topological polar surface area (TPSA) is 26.3 Å². The number of hydrogen-bond acceptors (Lipinski definition) is 2. The average Bonchev–Trinajstić information content (AvgIpc) is 2.19. The van der Waals surface area contributed by atoms with Gasteiger partial charge in [0.2, 0.25) is 0 Å². The maximum Gasteiger partial charge on any atom is 0.310 e. The van der Waals surface area contributed by atoms with Crippen molar-refractivity contribution in [2.24, 2.45) is 0 Å². The number of methoxy groups -OCH3 is 1. The minimum atomic E-state index is -0.676. The third-order valence-corrected chi connectivity index (χ3v) is 2.46. The second-order valence-corrected chi connectivity index (χ2v) is 3.37. The van der Waals surface area contributed by atoms with Gasteiger partial charge < -0.3 is 4.74 Å². The van der Waals surface area contributed by atoms with Gasteiger partial charge in [0, 0.05) is 5.56 Å². The Balaban J connectivity index is 3.00. The standard InChI is InChI=1S/C9H7Cl2FO2/c1-14-7(13)4-5-2-3-6(10)8(11)9(5)12/h2-3H,4H2,1H3. The van der Waals surface area contributed by atoms with Crippen molar-refractivity contribution in [1.82, 2.24) is 0 Å². The number of esters is 1. The summed E-state index contributed by atoms with van der Waals surface area (Å²) in [6.07, 6.45) is -0.154. The first-order valence-corrected chi connectivity index (χ1v) is 4.51. The van der Waals surface area contributed by atoms with Gasteiger partial charge >= 0.3 is 5.97 Å². The molecule has 0 aliphatic carbocycles. The van der Waals surface area contributed by atoms with Crippen molar-refractivity contribution in [3.63, 3.8) is 0 Å². The minimum Gasteiger partial charge on any atom is -0.469 e. The minimum absolute atomic E-state index is 0.123. The first-order valence-electron chi connectivity index (χ1n) is 3.75. The van der Waals surface area contributed by atoms with Crippen LogP contribution in [-0.4, -0.2) is 13.1 Å². The zero-order valence-corrected chi connectivity index (χ0v) is 8.82. The van der Waals surface area contributed by atoms with Crippen LogP contribution in [0.2, 0.25) is 10.0 Å². The fourth-order valence-corrected chi connectivity index (χ4v) is 1.26. The predicted molar refractivity (Wildman–Crippen MR) is 52.1 cm³/mol. The van der Waals surface area contributed by atoms with Gasteiger partial charge in [-0.15, -0.1) is 0 Å². The number of carbonyl (C=O) groups is 1. The van der Waals surface area contributed by atoms with Crippen LogP contribution >= 0.6 is 23.2 Å². The molecule has 0 aliphatic heterocycles. The van der Waals surface area contributed by atoms with E-state index >= 15 is 0 Å². The van der Waals surface area contributed by atoms with E-state index in [4.69, 9.17) is 23.2 Å². The van der Waals surface area contributed by atoms with Gasteiger partial charge in [-0.05, 0) is 6.07 Å². The predicted octanol–water partition coefficient (Wildman–Crippen LogP) is 2.85. The lowest BCUT2D eigenvalue weighted by Gasteiger charge is -2.04. The highest BCUT2D eigenvalue weighted by Crippen LogP contribution is 2.27. The molecule has 0 unspecified atom stereocenters. The summed E-state index contributed by atoms with van der Waals surface area (Å²) in [6.45, 7) is 0. The summed E-state index contributed by atoms with van der Waals surface area (Å²) < 4.78 is 17.7. The molecule has 0 atom stereocenters. The lowest BCUT2D eigenvalue weighted by molar-refractivity contribution is -0.139. The number of rotatable bonds is 2. The molecule has 0 spiro atoms. The van der Waals surface area contributed by atoms with Gasteiger partial charge in [0.25, 0.3) is 0 Å². The molecule has 0 aromatic heterocycles. The Kier molecular flexibility index (Phi) is 3.72. The number of ether oxygens (including phenoxy) is 1. The molecule has 0 amide bonds. The van der Waals surface area contributed by atoms with Crippen molar-refractivity contribution in [2.45, 2.75) is 6.42 Å². The zero-order chi connectivity index (χ0) is 10.7. The summed E-state index contributed by atoms with van der Waals surface area (Å²) in [6, 6.07) is 2.84.